The molecule has 26 heavy (non-hydrogen) atoms. The van der Waals surface area contributed by atoms with Crippen LogP contribution < -0.4 is 14.8 Å². The monoisotopic (exact) mass is 360 g/mol. The third-order valence-electron chi connectivity index (χ3n) is 4.40. The highest BCUT2D eigenvalue weighted by atomic mass is 16.5. The van der Waals surface area contributed by atoms with Gasteiger partial charge in [-0.15, -0.1) is 0 Å². The van der Waals surface area contributed by atoms with Gasteiger partial charge in [0.1, 0.15) is 11.5 Å². The Bertz CT molecular complexity index is 672. The lowest BCUT2D eigenvalue weighted by Gasteiger charge is -2.18. The summed E-state index contributed by atoms with van der Waals surface area (Å²) in [5.41, 5.74) is 4.21. The van der Waals surface area contributed by atoms with E-state index in [1.807, 2.05) is 13.2 Å². The lowest BCUT2D eigenvalue weighted by Crippen LogP contribution is -2.27. The van der Waals surface area contributed by atoms with Crippen molar-refractivity contribution in [1.82, 2.24) is 20.4 Å². The van der Waals surface area contributed by atoms with Gasteiger partial charge in [-0.25, -0.2) is 0 Å². The lowest BCUT2D eigenvalue weighted by atomic mass is 9.97. The molecule has 0 aliphatic carbocycles. The summed E-state index contributed by atoms with van der Waals surface area (Å²) in [4.78, 5) is 2.27. The molecule has 0 radical (unpaired) electrons. The molecule has 2 N–H and O–H groups in total. The number of aromatic amines is 1. The SMILES string of the molecule is CNCCN(C)Cc1c[nH]nc1-c1cc(OC)c(CC(C)C)c(OC)c1. The Hall–Kier alpha value is -2.05. The minimum atomic E-state index is 0.519. The number of ether oxygens (including phenoxy) is 2. The number of nitrogens with one attached hydrogen (secondary N) is 2. The third-order valence-corrected chi connectivity index (χ3v) is 4.40. The molecule has 0 fully saturated rings. The molecule has 0 spiro atoms. The van der Waals surface area contributed by atoms with Gasteiger partial charge in [-0.05, 0) is 38.6 Å². The highest BCUT2D eigenvalue weighted by Gasteiger charge is 2.18. The van der Waals surface area contributed by atoms with Crippen molar-refractivity contribution in [2.45, 2.75) is 26.8 Å². The molecule has 6 heteroatoms. The number of hydrogen-bond donors (Lipinski definition) is 2. The Labute approximate surface area is 156 Å². The van der Waals surface area contributed by atoms with E-state index in [2.05, 4.69) is 53.4 Å². The molecule has 0 bridgehead atoms. The van der Waals surface area contributed by atoms with Crippen LogP contribution in [-0.2, 0) is 13.0 Å². The number of likely N-dealkylation sites (N-methyl/N-ethyl adjacent to an activating group) is 2. The van der Waals surface area contributed by atoms with Gasteiger partial charge in [0.25, 0.3) is 0 Å². The second-order valence-electron chi connectivity index (χ2n) is 7.06. The zero-order chi connectivity index (χ0) is 19.1. The predicted molar refractivity (Wildman–Crippen MR) is 106 cm³/mol. The molecule has 1 aromatic heterocycles. The minimum absolute atomic E-state index is 0.519. The summed E-state index contributed by atoms with van der Waals surface area (Å²) in [6.07, 6.45) is 2.87. The number of aromatic nitrogens is 2. The van der Waals surface area contributed by atoms with Crippen LogP contribution in [0.1, 0.15) is 25.0 Å². The fourth-order valence-corrected chi connectivity index (χ4v) is 3.09. The fraction of sp³-hybridized carbons (Fsp3) is 0.550. The van der Waals surface area contributed by atoms with Gasteiger partial charge in [-0.1, -0.05) is 13.8 Å². The first-order valence-electron chi connectivity index (χ1n) is 9.11. The molecule has 0 aliphatic rings. The quantitative estimate of drug-likeness (QED) is 0.682. The van der Waals surface area contributed by atoms with E-state index in [0.29, 0.717) is 5.92 Å². The van der Waals surface area contributed by atoms with Crippen LogP contribution in [0.5, 0.6) is 11.5 Å². The van der Waals surface area contributed by atoms with Crippen molar-refractivity contribution < 1.29 is 9.47 Å². The van der Waals surface area contributed by atoms with Gasteiger partial charge in [-0.3, -0.25) is 5.10 Å². The molecule has 0 amide bonds. The van der Waals surface area contributed by atoms with Crippen LogP contribution in [0.3, 0.4) is 0 Å². The van der Waals surface area contributed by atoms with Gasteiger partial charge >= 0.3 is 0 Å². The van der Waals surface area contributed by atoms with E-state index in [0.717, 1.165) is 59.9 Å². The Morgan fingerprint density at radius 1 is 1.19 bits per heavy atom. The molecule has 0 saturated heterocycles. The van der Waals surface area contributed by atoms with Crippen molar-refractivity contribution >= 4 is 0 Å². The molecule has 2 aromatic rings. The third kappa shape index (κ3) is 4.99. The normalized spacial score (nSPS) is 11.4. The fourth-order valence-electron chi connectivity index (χ4n) is 3.09. The van der Waals surface area contributed by atoms with Crippen molar-refractivity contribution in [2.75, 3.05) is 41.4 Å². The Morgan fingerprint density at radius 2 is 1.85 bits per heavy atom. The predicted octanol–water partition coefficient (Wildman–Crippen LogP) is 2.94. The maximum absolute atomic E-state index is 5.66. The van der Waals surface area contributed by atoms with Gasteiger partial charge in [-0.2, -0.15) is 5.10 Å². The Morgan fingerprint density at radius 3 is 2.38 bits per heavy atom. The number of benzene rings is 1. The van der Waals surface area contributed by atoms with Gasteiger partial charge in [0.2, 0.25) is 0 Å². The molecule has 2 rings (SSSR count). The summed E-state index contributed by atoms with van der Waals surface area (Å²) >= 11 is 0. The first kappa shape index (κ1) is 20.3. The summed E-state index contributed by atoms with van der Waals surface area (Å²) in [5, 5.41) is 10.7. The molecule has 1 heterocycles. The van der Waals surface area contributed by atoms with Gasteiger partial charge in [0.05, 0.1) is 19.9 Å². The zero-order valence-electron chi connectivity index (χ0n) is 16.8. The van der Waals surface area contributed by atoms with Crippen LogP contribution in [0, 0.1) is 5.92 Å². The minimum Gasteiger partial charge on any atom is -0.496 e. The van der Waals surface area contributed by atoms with Gasteiger partial charge in [0.15, 0.2) is 0 Å². The van der Waals surface area contributed by atoms with Crippen LogP contribution in [0.2, 0.25) is 0 Å². The van der Waals surface area contributed by atoms with Crippen molar-refractivity contribution in [1.29, 1.82) is 0 Å². The first-order valence-corrected chi connectivity index (χ1v) is 9.11. The number of methoxy groups -OCH3 is 2. The van der Waals surface area contributed by atoms with Crippen molar-refractivity contribution in [2.24, 2.45) is 5.92 Å². The number of hydrogen-bond acceptors (Lipinski definition) is 5. The first-order chi connectivity index (χ1) is 12.5. The van der Waals surface area contributed by atoms with Gasteiger partial charge < -0.3 is 19.7 Å². The molecule has 144 valence electrons. The highest BCUT2D eigenvalue weighted by molar-refractivity contribution is 5.68. The number of nitrogens with zero attached hydrogens (tertiary/aromatic N) is 2. The molecule has 0 unspecified atom stereocenters. The molecule has 0 atom stereocenters. The maximum Gasteiger partial charge on any atom is 0.126 e. The summed E-state index contributed by atoms with van der Waals surface area (Å²) in [6.45, 7) is 7.14. The molecular weight excluding hydrogens is 328 g/mol. The van der Waals surface area contributed by atoms with Crippen LogP contribution >= 0.6 is 0 Å². The van der Waals surface area contributed by atoms with Crippen LogP contribution in [-0.4, -0.2) is 56.5 Å². The number of H-pyrrole nitrogens is 1. The largest absolute Gasteiger partial charge is 0.496 e. The highest BCUT2D eigenvalue weighted by Crippen LogP contribution is 2.37. The lowest BCUT2D eigenvalue weighted by molar-refractivity contribution is 0.328. The van der Waals surface area contributed by atoms with Crippen LogP contribution in [0.25, 0.3) is 11.3 Å². The van der Waals surface area contributed by atoms with Crippen molar-refractivity contribution in [3.63, 3.8) is 0 Å². The summed E-state index contributed by atoms with van der Waals surface area (Å²) in [5.74, 6) is 2.22. The Balaban J connectivity index is 2.36. The van der Waals surface area contributed by atoms with E-state index in [1.165, 1.54) is 0 Å². The zero-order valence-corrected chi connectivity index (χ0v) is 16.8. The van der Waals surface area contributed by atoms with E-state index >= 15 is 0 Å². The summed E-state index contributed by atoms with van der Waals surface area (Å²) < 4.78 is 11.3. The van der Waals surface area contributed by atoms with Crippen molar-refractivity contribution in [3.8, 4) is 22.8 Å². The molecule has 0 saturated carbocycles. The van der Waals surface area contributed by atoms with Gasteiger partial charge in [0, 0.05) is 42.5 Å². The second kappa shape index (κ2) is 9.59. The Kier molecular flexibility index (Phi) is 7.48. The average molecular weight is 361 g/mol. The summed E-state index contributed by atoms with van der Waals surface area (Å²) in [7, 11) is 7.49. The second-order valence-corrected chi connectivity index (χ2v) is 7.06. The molecular formula is C20H32N4O2. The standard InChI is InChI=1S/C20H32N4O2/c1-14(2)9-17-18(25-5)10-15(11-19(17)26-6)20-16(12-22-23-20)13-24(4)8-7-21-3/h10-12,14,21H,7-9,13H2,1-6H3,(H,22,23). The molecule has 0 aliphatic heterocycles. The van der Waals surface area contributed by atoms with E-state index < -0.39 is 0 Å². The maximum atomic E-state index is 5.66. The van der Waals surface area contributed by atoms with E-state index in [4.69, 9.17) is 9.47 Å². The molecule has 6 nitrogen and oxygen atoms in total. The van der Waals surface area contributed by atoms with Crippen LogP contribution in [0.4, 0.5) is 0 Å². The van der Waals surface area contributed by atoms with E-state index in [1.54, 1.807) is 14.2 Å². The summed E-state index contributed by atoms with van der Waals surface area (Å²) in [6, 6.07) is 4.13. The van der Waals surface area contributed by atoms with Crippen LogP contribution in [0.15, 0.2) is 18.3 Å². The average Bonchev–Trinajstić information content (AvgIpc) is 3.07. The topological polar surface area (TPSA) is 62.4 Å². The molecule has 1 aromatic carbocycles. The van der Waals surface area contributed by atoms with Crippen molar-refractivity contribution in [3.05, 3.63) is 29.5 Å². The van der Waals surface area contributed by atoms with E-state index in [-0.39, 0.29) is 0 Å². The van der Waals surface area contributed by atoms with E-state index in [9.17, 15) is 0 Å². The smallest absolute Gasteiger partial charge is 0.126 e. The number of rotatable bonds is 10.